The SMILES string of the molecule is C=Nc1c(-c2ccc(C(=O)O)cc2)noc1C(=C)C. The molecule has 0 spiro atoms. The van der Waals surface area contributed by atoms with Crippen LogP contribution >= 0.6 is 0 Å². The number of allylic oxidation sites excluding steroid dienone is 1. The van der Waals surface area contributed by atoms with Crippen molar-refractivity contribution in [3.05, 3.63) is 42.2 Å². The molecule has 0 aliphatic carbocycles. The van der Waals surface area contributed by atoms with Crippen molar-refractivity contribution in [3.63, 3.8) is 0 Å². The van der Waals surface area contributed by atoms with Crippen LogP contribution in [0.5, 0.6) is 0 Å². The molecule has 5 heteroatoms. The van der Waals surface area contributed by atoms with Crippen LogP contribution in [0.2, 0.25) is 0 Å². The fourth-order valence-corrected chi connectivity index (χ4v) is 1.67. The second-order valence-electron chi connectivity index (χ2n) is 4.03. The number of hydrogen-bond donors (Lipinski definition) is 1. The number of carboxylic acids is 1. The summed E-state index contributed by atoms with van der Waals surface area (Å²) in [6.45, 7) is 9.06. The van der Waals surface area contributed by atoms with Crippen LogP contribution in [0, 0.1) is 0 Å². The zero-order valence-electron chi connectivity index (χ0n) is 10.4. The Morgan fingerprint density at radius 1 is 1.37 bits per heavy atom. The van der Waals surface area contributed by atoms with Crippen LogP contribution < -0.4 is 0 Å². The van der Waals surface area contributed by atoms with Gasteiger partial charge >= 0.3 is 5.97 Å². The van der Waals surface area contributed by atoms with Crippen molar-refractivity contribution in [3.8, 4) is 11.3 Å². The van der Waals surface area contributed by atoms with E-state index < -0.39 is 5.97 Å². The molecular weight excluding hydrogens is 244 g/mol. The van der Waals surface area contributed by atoms with Gasteiger partial charge in [0.05, 0.1) is 5.56 Å². The van der Waals surface area contributed by atoms with E-state index in [0.717, 1.165) is 0 Å². The van der Waals surface area contributed by atoms with Gasteiger partial charge in [0.1, 0.15) is 11.4 Å². The summed E-state index contributed by atoms with van der Waals surface area (Å²) < 4.78 is 5.18. The largest absolute Gasteiger partial charge is 0.478 e. The third-order valence-electron chi connectivity index (χ3n) is 2.62. The molecule has 0 bridgehead atoms. The first kappa shape index (κ1) is 12.8. The summed E-state index contributed by atoms with van der Waals surface area (Å²) in [6, 6.07) is 6.30. The first-order valence-electron chi connectivity index (χ1n) is 5.50. The Bertz CT molecular complexity index is 654. The summed E-state index contributed by atoms with van der Waals surface area (Å²) >= 11 is 0. The normalized spacial score (nSPS) is 10.2. The van der Waals surface area contributed by atoms with Gasteiger partial charge in [0.15, 0.2) is 5.76 Å². The summed E-state index contributed by atoms with van der Waals surface area (Å²) in [7, 11) is 0. The van der Waals surface area contributed by atoms with Crippen LogP contribution in [-0.2, 0) is 0 Å². The van der Waals surface area contributed by atoms with E-state index in [1.807, 2.05) is 0 Å². The lowest BCUT2D eigenvalue weighted by Crippen LogP contribution is -1.94. The molecule has 5 nitrogen and oxygen atoms in total. The Kier molecular flexibility index (Phi) is 3.29. The van der Waals surface area contributed by atoms with Gasteiger partial charge in [-0.25, -0.2) is 4.79 Å². The van der Waals surface area contributed by atoms with Gasteiger partial charge in [0, 0.05) is 5.56 Å². The summed E-state index contributed by atoms with van der Waals surface area (Å²) in [5.41, 5.74) is 2.65. The molecule has 0 amide bonds. The molecule has 1 N–H and O–H groups in total. The maximum absolute atomic E-state index is 10.8. The average molecular weight is 256 g/mol. The molecule has 19 heavy (non-hydrogen) atoms. The lowest BCUT2D eigenvalue weighted by Gasteiger charge is -1.99. The highest BCUT2D eigenvalue weighted by Gasteiger charge is 2.17. The molecular formula is C14H12N2O3. The van der Waals surface area contributed by atoms with Gasteiger partial charge in [-0.05, 0) is 31.3 Å². The standard InChI is InChI=1S/C14H12N2O3/c1-8(2)13-12(15-3)11(16-19-13)9-4-6-10(7-5-9)14(17)18/h4-7H,1,3H2,2H3,(H,17,18). The van der Waals surface area contributed by atoms with Crippen molar-refractivity contribution >= 4 is 23.9 Å². The molecule has 0 aliphatic heterocycles. The second-order valence-corrected chi connectivity index (χ2v) is 4.03. The molecule has 0 radical (unpaired) electrons. The van der Waals surface area contributed by atoms with E-state index in [4.69, 9.17) is 9.63 Å². The number of hydrogen-bond acceptors (Lipinski definition) is 4. The molecule has 0 saturated carbocycles. The van der Waals surface area contributed by atoms with Crippen LogP contribution in [0.3, 0.4) is 0 Å². The van der Waals surface area contributed by atoms with Gasteiger partial charge in [-0.15, -0.1) is 0 Å². The number of rotatable bonds is 4. The maximum atomic E-state index is 10.8. The number of nitrogens with zero attached hydrogens (tertiary/aromatic N) is 2. The number of carboxylic acid groups (broad SMARTS) is 1. The van der Waals surface area contributed by atoms with E-state index >= 15 is 0 Å². The Labute approximate surface area is 109 Å². The Balaban J connectivity index is 2.50. The summed E-state index contributed by atoms with van der Waals surface area (Å²) in [5, 5.41) is 12.8. The van der Waals surface area contributed by atoms with Crippen molar-refractivity contribution in [1.82, 2.24) is 5.16 Å². The van der Waals surface area contributed by atoms with Crippen LogP contribution in [0.4, 0.5) is 5.69 Å². The minimum atomic E-state index is -0.976. The molecule has 1 heterocycles. The van der Waals surface area contributed by atoms with Crippen molar-refractivity contribution in [1.29, 1.82) is 0 Å². The minimum Gasteiger partial charge on any atom is -0.478 e. The number of aromatic carboxylic acids is 1. The van der Waals surface area contributed by atoms with Crippen molar-refractivity contribution < 1.29 is 14.4 Å². The third kappa shape index (κ3) is 2.30. The fraction of sp³-hybridized carbons (Fsp3) is 0.0714. The van der Waals surface area contributed by atoms with Gasteiger partial charge in [0.25, 0.3) is 0 Å². The highest BCUT2D eigenvalue weighted by Crippen LogP contribution is 2.35. The maximum Gasteiger partial charge on any atom is 0.335 e. The Morgan fingerprint density at radius 3 is 2.47 bits per heavy atom. The van der Waals surface area contributed by atoms with Crippen molar-refractivity contribution in [2.45, 2.75) is 6.92 Å². The predicted molar refractivity (Wildman–Crippen MR) is 72.8 cm³/mol. The van der Waals surface area contributed by atoms with Crippen LogP contribution in [-0.4, -0.2) is 23.0 Å². The zero-order chi connectivity index (χ0) is 14.0. The molecule has 0 unspecified atom stereocenters. The highest BCUT2D eigenvalue weighted by atomic mass is 16.5. The lowest BCUT2D eigenvalue weighted by atomic mass is 10.1. The van der Waals surface area contributed by atoms with Gasteiger partial charge in [-0.3, -0.25) is 4.99 Å². The number of aliphatic imine (C=N–C) groups is 1. The molecule has 0 atom stereocenters. The Hall–Kier alpha value is -2.69. The van der Waals surface area contributed by atoms with E-state index in [1.54, 1.807) is 19.1 Å². The van der Waals surface area contributed by atoms with Crippen LogP contribution in [0.15, 0.2) is 40.4 Å². The second kappa shape index (κ2) is 4.89. The van der Waals surface area contributed by atoms with Crippen molar-refractivity contribution in [2.24, 2.45) is 4.99 Å². The average Bonchev–Trinajstić information content (AvgIpc) is 2.82. The van der Waals surface area contributed by atoms with E-state index in [9.17, 15) is 4.79 Å². The molecule has 0 saturated heterocycles. The quantitative estimate of drug-likeness (QED) is 0.850. The zero-order valence-corrected chi connectivity index (χ0v) is 10.4. The highest BCUT2D eigenvalue weighted by molar-refractivity contribution is 5.89. The first-order valence-corrected chi connectivity index (χ1v) is 5.50. The summed E-state index contributed by atoms with van der Waals surface area (Å²) in [4.78, 5) is 14.7. The van der Waals surface area contributed by atoms with E-state index in [2.05, 4.69) is 23.4 Å². The smallest absolute Gasteiger partial charge is 0.335 e. The molecule has 0 fully saturated rings. The number of aromatic nitrogens is 1. The monoisotopic (exact) mass is 256 g/mol. The third-order valence-corrected chi connectivity index (χ3v) is 2.62. The molecule has 1 aromatic heterocycles. The van der Waals surface area contributed by atoms with Crippen LogP contribution in [0.25, 0.3) is 16.8 Å². The fourth-order valence-electron chi connectivity index (χ4n) is 1.67. The predicted octanol–water partition coefficient (Wildman–Crippen LogP) is 3.41. The number of carbonyl (C=O) groups is 1. The number of benzene rings is 1. The Morgan fingerprint density at radius 2 is 2.00 bits per heavy atom. The van der Waals surface area contributed by atoms with E-state index in [1.165, 1.54) is 12.1 Å². The molecule has 96 valence electrons. The topological polar surface area (TPSA) is 75.7 Å². The van der Waals surface area contributed by atoms with Gasteiger partial charge in [-0.1, -0.05) is 23.9 Å². The van der Waals surface area contributed by atoms with Gasteiger partial charge in [-0.2, -0.15) is 0 Å². The first-order chi connectivity index (χ1) is 9.04. The molecule has 2 aromatic rings. The molecule has 1 aromatic carbocycles. The van der Waals surface area contributed by atoms with Gasteiger partial charge < -0.3 is 9.63 Å². The van der Waals surface area contributed by atoms with E-state index in [0.29, 0.717) is 28.3 Å². The summed E-state index contributed by atoms with van der Waals surface area (Å²) in [5.74, 6) is -0.497. The van der Waals surface area contributed by atoms with Crippen LogP contribution in [0.1, 0.15) is 23.0 Å². The minimum absolute atomic E-state index is 0.209. The van der Waals surface area contributed by atoms with E-state index in [-0.39, 0.29) is 5.56 Å². The molecule has 0 aliphatic rings. The summed E-state index contributed by atoms with van der Waals surface area (Å²) in [6.07, 6.45) is 0. The molecule has 2 rings (SSSR count). The lowest BCUT2D eigenvalue weighted by molar-refractivity contribution is 0.0697. The van der Waals surface area contributed by atoms with Gasteiger partial charge in [0.2, 0.25) is 0 Å². The van der Waals surface area contributed by atoms with Crippen molar-refractivity contribution in [2.75, 3.05) is 0 Å².